The smallest absolute Gasteiger partial charge is 0.335 e. The maximum Gasteiger partial charge on any atom is 0.335 e. The van der Waals surface area contributed by atoms with Crippen LogP contribution in [0.25, 0.3) is 0 Å². The van der Waals surface area contributed by atoms with Gasteiger partial charge in [-0.25, -0.2) is 9.59 Å². The van der Waals surface area contributed by atoms with Crippen LogP contribution in [0.2, 0.25) is 0 Å². The normalized spacial score (nSPS) is 10.9. The maximum atomic E-state index is 12.6. The SMILES string of the molecule is CC=CC(=O)Oc1ccc(C(=O)c2ccc(OC(=O)C=CC)cc2O)c(O)c1. The standard InChI is InChI=1S/C21H18O7/c1-3-5-19(24)27-13-7-9-15(17(22)11-13)21(26)16-10-8-14(12-18(16)23)28-20(25)6-4-2/h3-12,22-23H,1-2H3. The fraction of sp³-hybridized carbons (Fsp3) is 0.0952. The number of phenolic OH excluding ortho intramolecular Hbond substituents is 2. The van der Waals surface area contributed by atoms with Crippen LogP contribution in [0.4, 0.5) is 0 Å². The molecular formula is C21H18O7. The van der Waals surface area contributed by atoms with E-state index in [4.69, 9.17) is 9.47 Å². The number of hydrogen-bond acceptors (Lipinski definition) is 7. The van der Waals surface area contributed by atoms with E-state index >= 15 is 0 Å². The number of esters is 2. The number of allylic oxidation sites excluding steroid dienone is 2. The lowest BCUT2D eigenvalue weighted by atomic mass is 10.0. The van der Waals surface area contributed by atoms with Crippen molar-refractivity contribution in [2.45, 2.75) is 13.8 Å². The number of aromatic hydroxyl groups is 2. The molecule has 144 valence electrons. The second-order valence-corrected chi connectivity index (χ2v) is 5.53. The van der Waals surface area contributed by atoms with Gasteiger partial charge < -0.3 is 19.7 Å². The zero-order chi connectivity index (χ0) is 20.7. The van der Waals surface area contributed by atoms with Gasteiger partial charge in [0.05, 0.1) is 11.1 Å². The lowest BCUT2D eigenvalue weighted by molar-refractivity contribution is -0.129. The van der Waals surface area contributed by atoms with Gasteiger partial charge in [-0.05, 0) is 38.1 Å². The van der Waals surface area contributed by atoms with Gasteiger partial charge in [0.15, 0.2) is 5.78 Å². The molecule has 0 aliphatic carbocycles. The van der Waals surface area contributed by atoms with E-state index in [1.807, 2.05) is 0 Å². The van der Waals surface area contributed by atoms with Crippen molar-refractivity contribution < 1.29 is 34.1 Å². The summed E-state index contributed by atoms with van der Waals surface area (Å²) in [5.74, 6) is -2.62. The highest BCUT2D eigenvalue weighted by Gasteiger charge is 2.19. The minimum atomic E-state index is -0.660. The Hall–Kier alpha value is -3.87. The van der Waals surface area contributed by atoms with Gasteiger partial charge in [0.1, 0.15) is 23.0 Å². The molecule has 0 saturated heterocycles. The number of phenols is 2. The molecule has 28 heavy (non-hydrogen) atoms. The summed E-state index contributed by atoms with van der Waals surface area (Å²) in [4.78, 5) is 35.5. The molecule has 0 saturated carbocycles. The fourth-order valence-corrected chi connectivity index (χ4v) is 2.25. The molecule has 0 bridgehead atoms. The topological polar surface area (TPSA) is 110 Å². The predicted octanol–water partition coefficient (Wildman–Crippen LogP) is 3.29. The summed E-state index contributed by atoms with van der Waals surface area (Å²) in [6.07, 6.45) is 5.42. The average Bonchev–Trinajstić information content (AvgIpc) is 2.62. The molecule has 2 aromatic carbocycles. The third-order valence-electron chi connectivity index (χ3n) is 3.47. The summed E-state index contributed by atoms with van der Waals surface area (Å²) < 4.78 is 9.94. The number of rotatable bonds is 6. The highest BCUT2D eigenvalue weighted by molar-refractivity contribution is 6.12. The van der Waals surface area contributed by atoms with Crippen molar-refractivity contribution in [3.8, 4) is 23.0 Å². The van der Waals surface area contributed by atoms with Crippen LogP contribution in [0.5, 0.6) is 23.0 Å². The molecular weight excluding hydrogens is 364 g/mol. The second kappa shape index (κ2) is 9.18. The first-order chi connectivity index (χ1) is 13.3. The lowest BCUT2D eigenvalue weighted by Crippen LogP contribution is -2.06. The summed E-state index contributed by atoms with van der Waals surface area (Å²) in [6, 6.07) is 7.49. The highest BCUT2D eigenvalue weighted by atomic mass is 16.5. The summed E-state index contributed by atoms with van der Waals surface area (Å²) in [6.45, 7) is 3.30. The molecule has 0 radical (unpaired) electrons. The van der Waals surface area contributed by atoms with E-state index in [-0.39, 0.29) is 22.6 Å². The predicted molar refractivity (Wildman–Crippen MR) is 101 cm³/mol. The Bertz CT molecular complexity index is 893. The van der Waals surface area contributed by atoms with Gasteiger partial charge in [0.25, 0.3) is 0 Å². The summed E-state index contributed by atoms with van der Waals surface area (Å²) in [5, 5.41) is 20.2. The fourth-order valence-electron chi connectivity index (χ4n) is 2.25. The van der Waals surface area contributed by atoms with Crippen molar-refractivity contribution in [2.24, 2.45) is 0 Å². The minimum Gasteiger partial charge on any atom is -0.507 e. The first-order valence-electron chi connectivity index (χ1n) is 8.25. The van der Waals surface area contributed by atoms with Crippen LogP contribution in [0.3, 0.4) is 0 Å². The van der Waals surface area contributed by atoms with E-state index in [9.17, 15) is 24.6 Å². The Labute approximate surface area is 161 Å². The average molecular weight is 382 g/mol. The van der Waals surface area contributed by atoms with Gasteiger partial charge in [-0.3, -0.25) is 4.79 Å². The Morgan fingerprint density at radius 2 is 1.14 bits per heavy atom. The quantitative estimate of drug-likeness (QED) is 0.341. The van der Waals surface area contributed by atoms with Gasteiger partial charge in [-0.15, -0.1) is 0 Å². The van der Waals surface area contributed by atoms with Crippen LogP contribution < -0.4 is 9.47 Å². The van der Waals surface area contributed by atoms with Crippen molar-refractivity contribution >= 4 is 17.7 Å². The largest absolute Gasteiger partial charge is 0.507 e. The minimum absolute atomic E-state index is 0.0626. The van der Waals surface area contributed by atoms with E-state index in [1.54, 1.807) is 13.8 Å². The van der Waals surface area contributed by atoms with Crippen LogP contribution in [0, 0.1) is 0 Å². The molecule has 2 rings (SSSR count). The van der Waals surface area contributed by atoms with Gasteiger partial charge in [0.2, 0.25) is 0 Å². The molecule has 2 N–H and O–H groups in total. The van der Waals surface area contributed by atoms with Gasteiger partial charge in [0, 0.05) is 24.3 Å². The second-order valence-electron chi connectivity index (χ2n) is 5.53. The van der Waals surface area contributed by atoms with Gasteiger partial charge >= 0.3 is 11.9 Å². The number of hydrogen-bond donors (Lipinski definition) is 2. The van der Waals surface area contributed by atoms with Crippen molar-refractivity contribution in [3.63, 3.8) is 0 Å². The molecule has 0 unspecified atom stereocenters. The number of ketones is 1. The molecule has 0 atom stereocenters. The van der Waals surface area contributed by atoms with E-state index in [2.05, 4.69) is 0 Å². The molecule has 0 spiro atoms. The van der Waals surface area contributed by atoms with Crippen molar-refractivity contribution in [2.75, 3.05) is 0 Å². The highest BCUT2D eigenvalue weighted by Crippen LogP contribution is 2.30. The van der Waals surface area contributed by atoms with Crippen molar-refractivity contribution in [1.29, 1.82) is 0 Å². The number of carbonyl (C=O) groups is 3. The van der Waals surface area contributed by atoms with Gasteiger partial charge in [-0.2, -0.15) is 0 Å². The molecule has 0 fully saturated rings. The Balaban J connectivity index is 2.23. The monoisotopic (exact) mass is 382 g/mol. The Morgan fingerprint density at radius 3 is 1.46 bits per heavy atom. The number of benzene rings is 2. The van der Waals surface area contributed by atoms with Crippen LogP contribution >= 0.6 is 0 Å². The Kier molecular flexibility index (Phi) is 6.70. The van der Waals surface area contributed by atoms with E-state index in [0.717, 1.165) is 12.1 Å². The van der Waals surface area contributed by atoms with Crippen molar-refractivity contribution in [3.05, 3.63) is 71.8 Å². The molecule has 0 amide bonds. The molecule has 0 heterocycles. The Morgan fingerprint density at radius 1 is 0.750 bits per heavy atom. The van der Waals surface area contributed by atoms with Crippen LogP contribution in [0.1, 0.15) is 29.8 Å². The summed E-state index contributed by atoms with van der Waals surface area (Å²) >= 11 is 0. The maximum absolute atomic E-state index is 12.6. The zero-order valence-corrected chi connectivity index (χ0v) is 15.2. The molecule has 0 aliphatic rings. The first kappa shape index (κ1) is 20.4. The van der Waals surface area contributed by atoms with E-state index in [1.165, 1.54) is 48.6 Å². The molecule has 2 aromatic rings. The van der Waals surface area contributed by atoms with Crippen molar-refractivity contribution in [1.82, 2.24) is 0 Å². The molecule has 7 heteroatoms. The molecule has 0 aromatic heterocycles. The lowest BCUT2D eigenvalue weighted by Gasteiger charge is -2.09. The summed E-state index contributed by atoms with van der Waals surface area (Å²) in [5.41, 5.74) is -0.195. The zero-order valence-electron chi connectivity index (χ0n) is 15.2. The van der Waals surface area contributed by atoms with Crippen LogP contribution in [0.15, 0.2) is 60.7 Å². The van der Waals surface area contributed by atoms with Crippen LogP contribution in [-0.2, 0) is 9.59 Å². The van der Waals surface area contributed by atoms with Crippen LogP contribution in [-0.4, -0.2) is 27.9 Å². The number of ether oxygens (including phenoxy) is 2. The molecule has 0 aliphatic heterocycles. The van der Waals surface area contributed by atoms with E-state index in [0.29, 0.717) is 0 Å². The third kappa shape index (κ3) is 5.07. The number of carbonyl (C=O) groups excluding carboxylic acids is 3. The van der Waals surface area contributed by atoms with E-state index < -0.39 is 29.2 Å². The third-order valence-corrected chi connectivity index (χ3v) is 3.47. The first-order valence-corrected chi connectivity index (χ1v) is 8.25. The molecule has 7 nitrogen and oxygen atoms in total. The summed E-state index contributed by atoms with van der Waals surface area (Å²) in [7, 11) is 0. The van der Waals surface area contributed by atoms with Gasteiger partial charge in [-0.1, -0.05) is 12.2 Å².